The quantitative estimate of drug-likeness (QED) is 0.840. The van der Waals surface area contributed by atoms with Gasteiger partial charge < -0.3 is 10.1 Å². The second kappa shape index (κ2) is 7.78. The number of nitrogens with one attached hydrogen (secondary N) is 1. The van der Waals surface area contributed by atoms with Crippen molar-refractivity contribution in [3.8, 4) is 0 Å². The number of hydrogen-bond donors (Lipinski definition) is 1. The summed E-state index contributed by atoms with van der Waals surface area (Å²) in [6, 6.07) is 14.7. The Labute approximate surface area is 121 Å². The summed E-state index contributed by atoms with van der Waals surface area (Å²) in [5.41, 5.74) is 2.42. The van der Waals surface area contributed by atoms with Crippen LogP contribution in [0.1, 0.15) is 24.2 Å². The van der Waals surface area contributed by atoms with Crippen LogP contribution in [0.5, 0.6) is 0 Å². The first-order valence-corrected chi connectivity index (χ1v) is 7.05. The second-order valence-corrected chi connectivity index (χ2v) is 4.80. The van der Waals surface area contributed by atoms with Crippen molar-refractivity contribution in [2.24, 2.45) is 0 Å². The van der Waals surface area contributed by atoms with Gasteiger partial charge in [0, 0.05) is 25.5 Å². The van der Waals surface area contributed by atoms with Gasteiger partial charge in [0.2, 0.25) is 0 Å². The molecule has 1 aromatic carbocycles. The Morgan fingerprint density at radius 3 is 2.55 bits per heavy atom. The maximum Gasteiger partial charge on any atom is 0.0977 e. The molecule has 1 aromatic heterocycles. The Bertz CT molecular complexity index is 487. The highest BCUT2D eigenvalue weighted by molar-refractivity contribution is 5.21. The van der Waals surface area contributed by atoms with Crippen molar-refractivity contribution in [2.75, 3.05) is 13.7 Å². The zero-order valence-electron chi connectivity index (χ0n) is 12.1. The van der Waals surface area contributed by atoms with Gasteiger partial charge in [0.05, 0.1) is 6.10 Å². The van der Waals surface area contributed by atoms with E-state index >= 15 is 0 Å². The van der Waals surface area contributed by atoms with E-state index in [2.05, 4.69) is 47.6 Å². The Balaban J connectivity index is 2.17. The molecule has 0 spiro atoms. The highest BCUT2D eigenvalue weighted by Gasteiger charge is 2.22. The first-order chi connectivity index (χ1) is 9.85. The van der Waals surface area contributed by atoms with Crippen LogP contribution in [0.25, 0.3) is 0 Å². The highest BCUT2D eigenvalue weighted by atomic mass is 16.5. The molecule has 0 aliphatic carbocycles. The molecule has 0 saturated carbocycles. The fraction of sp³-hybridized carbons (Fsp3) is 0.353. The van der Waals surface area contributed by atoms with Crippen molar-refractivity contribution in [2.45, 2.75) is 25.5 Å². The molecule has 0 aliphatic heterocycles. The lowest BCUT2D eigenvalue weighted by Crippen LogP contribution is -2.37. The molecule has 2 rings (SSSR count). The van der Waals surface area contributed by atoms with Crippen molar-refractivity contribution < 1.29 is 4.74 Å². The molecule has 0 fully saturated rings. The molecule has 106 valence electrons. The summed E-state index contributed by atoms with van der Waals surface area (Å²) in [5, 5.41) is 3.53. The van der Waals surface area contributed by atoms with Gasteiger partial charge in [0.1, 0.15) is 0 Å². The van der Waals surface area contributed by atoms with Crippen molar-refractivity contribution in [1.29, 1.82) is 0 Å². The Kier molecular flexibility index (Phi) is 5.71. The third kappa shape index (κ3) is 3.89. The fourth-order valence-electron chi connectivity index (χ4n) is 2.50. The minimum absolute atomic E-state index is 0.0383. The van der Waals surface area contributed by atoms with E-state index in [1.54, 1.807) is 13.3 Å². The SMILES string of the molecule is CCNC(Cc1cccnc1)C(OC)c1ccccc1. The number of benzene rings is 1. The monoisotopic (exact) mass is 270 g/mol. The summed E-state index contributed by atoms with van der Waals surface area (Å²) in [6.07, 6.45) is 4.66. The molecule has 2 aromatic rings. The average Bonchev–Trinajstić information content (AvgIpc) is 2.50. The topological polar surface area (TPSA) is 34.2 Å². The highest BCUT2D eigenvalue weighted by Crippen LogP contribution is 2.22. The van der Waals surface area contributed by atoms with Crippen molar-refractivity contribution >= 4 is 0 Å². The molecule has 2 atom stereocenters. The number of ether oxygens (including phenoxy) is 1. The number of aromatic nitrogens is 1. The number of likely N-dealkylation sites (N-methyl/N-ethyl adjacent to an activating group) is 1. The van der Waals surface area contributed by atoms with Crippen LogP contribution in [-0.2, 0) is 11.2 Å². The van der Waals surface area contributed by atoms with Crippen LogP contribution < -0.4 is 5.32 Å². The number of hydrogen-bond acceptors (Lipinski definition) is 3. The van der Waals surface area contributed by atoms with Gasteiger partial charge in [-0.25, -0.2) is 0 Å². The predicted octanol–water partition coefficient (Wildman–Crippen LogP) is 2.99. The van der Waals surface area contributed by atoms with E-state index in [9.17, 15) is 0 Å². The van der Waals surface area contributed by atoms with Gasteiger partial charge in [0.25, 0.3) is 0 Å². The van der Waals surface area contributed by atoms with Crippen LogP contribution in [0.15, 0.2) is 54.9 Å². The zero-order chi connectivity index (χ0) is 14.2. The van der Waals surface area contributed by atoms with Crippen LogP contribution >= 0.6 is 0 Å². The summed E-state index contributed by atoms with van der Waals surface area (Å²) in [6.45, 7) is 3.03. The number of pyridine rings is 1. The molecule has 1 heterocycles. The van der Waals surface area contributed by atoms with Gasteiger partial charge >= 0.3 is 0 Å². The van der Waals surface area contributed by atoms with Crippen LogP contribution in [0.2, 0.25) is 0 Å². The van der Waals surface area contributed by atoms with E-state index in [4.69, 9.17) is 4.74 Å². The summed E-state index contributed by atoms with van der Waals surface area (Å²) >= 11 is 0. The lowest BCUT2D eigenvalue weighted by atomic mass is 9.96. The zero-order valence-corrected chi connectivity index (χ0v) is 12.1. The largest absolute Gasteiger partial charge is 0.375 e. The number of nitrogens with zero attached hydrogens (tertiary/aromatic N) is 1. The van der Waals surface area contributed by atoms with Crippen molar-refractivity contribution in [3.05, 3.63) is 66.0 Å². The fourth-order valence-corrected chi connectivity index (χ4v) is 2.50. The van der Waals surface area contributed by atoms with E-state index in [-0.39, 0.29) is 12.1 Å². The smallest absolute Gasteiger partial charge is 0.0977 e. The second-order valence-electron chi connectivity index (χ2n) is 4.80. The third-order valence-electron chi connectivity index (χ3n) is 3.39. The van der Waals surface area contributed by atoms with Crippen LogP contribution in [0.3, 0.4) is 0 Å². The lowest BCUT2D eigenvalue weighted by molar-refractivity contribution is 0.0683. The maximum atomic E-state index is 5.74. The third-order valence-corrected chi connectivity index (χ3v) is 3.39. The van der Waals surface area contributed by atoms with Crippen LogP contribution in [0.4, 0.5) is 0 Å². The van der Waals surface area contributed by atoms with Gasteiger partial charge in [-0.3, -0.25) is 4.98 Å². The Morgan fingerprint density at radius 1 is 1.15 bits per heavy atom. The lowest BCUT2D eigenvalue weighted by Gasteiger charge is -2.27. The van der Waals surface area contributed by atoms with Gasteiger partial charge in [-0.15, -0.1) is 0 Å². The summed E-state index contributed by atoms with van der Waals surface area (Å²) in [4.78, 5) is 4.19. The minimum atomic E-state index is 0.0383. The molecule has 0 amide bonds. The molecule has 20 heavy (non-hydrogen) atoms. The minimum Gasteiger partial charge on any atom is -0.375 e. The van der Waals surface area contributed by atoms with E-state index < -0.39 is 0 Å². The molecule has 0 saturated heterocycles. The molecule has 0 radical (unpaired) electrons. The normalized spacial score (nSPS) is 13.9. The van der Waals surface area contributed by atoms with E-state index in [1.165, 1.54) is 11.1 Å². The van der Waals surface area contributed by atoms with Crippen LogP contribution in [-0.4, -0.2) is 24.7 Å². The molecule has 3 heteroatoms. The van der Waals surface area contributed by atoms with Gasteiger partial charge in [-0.05, 0) is 30.2 Å². The predicted molar refractivity (Wildman–Crippen MR) is 81.6 cm³/mol. The maximum absolute atomic E-state index is 5.74. The Hall–Kier alpha value is -1.71. The molecule has 0 bridgehead atoms. The molecule has 0 aliphatic rings. The molecule has 2 unspecified atom stereocenters. The Morgan fingerprint density at radius 2 is 1.95 bits per heavy atom. The standard InChI is InChI=1S/C17H22N2O/c1-3-19-16(12-14-8-7-11-18-13-14)17(20-2)15-9-5-4-6-10-15/h4-11,13,16-17,19H,3,12H2,1-2H3. The molecular formula is C17H22N2O. The summed E-state index contributed by atoms with van der Waals surface area (Å²) in [7, 11) is 1.77. The van der Waals surface area contributed by atoms with Crippen LogP contribution in [0, 0.1) is 0 Å². The van der Waals surface area contributed by atoms with Gasteiger partial charge in [-0.2, -0.15) is 0 Å². The van der Waals surface area contributed by atoms with Crippen molar-refractivity contribution in [3.63, 3.8) is 0 Å². The van der Waals surface area contributed by atoms with E-state index in [0.29, 0.717) is 0 Å². The first kappa shape index (κ1) is 14.7. The first-order valence-electron chi connectivity index (χ1n) is 7.05. The number of methoxy groups -OCH3 is 1. The summed E-state index contributed by atoms with van der Waals surface area (Å²) < 4.78 is 5.74. The van der Waals surface area contributed by atoms with Crippen molar-refractivity contribution in [1.82, 2.24) is 10.3 Å². The molecule has 3 nitrogen and oxygen atoms in total. The van der Waals surface area contributed by atoms with E-state index in [1.807, 2.05) is 18.3 Å². The summed E-state index contributed by atoms with van der Waals surface area (Å²) in [5.74, 6) is 0. The van der Waals surface area contributed by atoms with Gasteiger partial charge in [0.15, 0.2) is 0 Å². The number of rotatable bonds is 7. The molecular weight excluding hydrogens is 248 g/mol. The van der Waals surface area contributed by atoms with E-state index in [0.717, 1.165) is 13.0 Å². The van der Waals surface area contributed by atoms with Gasteiger partial charge in [-0.1, -0.05) is 43.3 Å². The average molecular weight is 270 g/mol. The molecule has 1 N–H and O–H groups in total.